The highest BCUT2D eigenvalue weighted by atomic mass is 35.5. The van der Waals surface area contributed by atoms with Crippen molar-refractivity contribution in [3.05, 3.63) is 34.9 Å². The van der Waals surface area contributed by atoms with E-state index in [0.717, 1.165) is 31.2 Å². The number of benzene rings is 1. The van der Waals surface area contributed by atoms with Gasteiger partial charge in [-0.05, 0) is 68.1 Å². The first-order valence-electron chi connectivity index (χ1n) is 9.23. The lowest BCUT2D eigenvalue weighted by Gasteiger charge is -2.58. The van der Waals surface area contributed by atoms with Gasteiger partial charge < -0.3 is 10.1 Å². The lowest BCUT2D eigenvalue weighted by Crippen LogP contribution is -2.56. The van der Waals surface area contributed by atoms with Crippen molar-refractivity contribution in [1.82, 2.24) is 5.32 Å². The van der Waals surface area contributed by atoms with Crippen LogP contribution in [0.15, 0.2) is 24.3 Å². The van der Waals surface area contributed by atoms with Gasteiger partial charge >= 0.3 is 5.97 Å². The van der Waals surface area contributed by atoms with Gasteiger partial charge in [0.2, 0.25) is 0 Å². The Kier molecular flexibility index (Phi) is 4.68. The Morgan fingerprint density at radius 1 is 1.19 bits per heavy atom. The molecule has 4 atom stereocenters. The third-order valence-electron chi connectivity index (χ3n) is 6.14. The molecule has 26 heavy (non-hydrogen) atoms. The highest BCUT2D eigenvalue weighted by Crippen LogP contribution is 2.64. The number of amides is 1. The minimum Gasteiger partial charge on any atom is -0.455 e. The summed E-state index contributed by atoms with van der Waals surface area (Å²) in [5.41, 5.74) is 0.432. The van der Waals surface area contributed by atoms with Gasteiger partial charge in [-0.3, -0.25) is 9.59 Å². The number of ether oxygens (including phenoxy) is 1. The molecule has 1 aromatic rings. The Balaban J connectivity index is 1.30. The summed E-state index contributed by atoms with van der Waals surface area (Å²) < 4.78 is 5.41. The number of hydrogen-bond acceptors (Lipinski definition) is 3. The van der Waals surface area contributed by atoms with Crippen LogP contribution >= 0.6 is 23.2 Å². The summed E-state index contributed by atoms with van der Waals surface area (Å²) in [6.45, 7) is 0.114. The molecule has 6 heteroatoms. The Morgan fingerprint density at radius 3 is 2.58 bits per heavy atom. The van der Waals surface area contributed by atoms with Crippen molar-refractivity contribution >= 4 is 35.1 Å². The Bertz CT molecular complexity index is 722. The van der Waals surface area contributed by atoms with Crippen molar-refractivity contribution in [1.29, 1.82) is 0 Å². The first kappa shape index (κ1) is 18.1. The first-order chi connectivity index (χ1) is 12.4. The van der Waals surface area contributed by atoms with E-state index >= 15 is 0 Å². The monoisotopic (exact) mass is 395 g/mol. The number of carbonyl (C=O) groups is 2. The number of carbonyl (C=O) groups excluding carboxylic acids is 2. The Morgan fingerprint density at radius 2 is 1.92 bits per heavy atom. The summed E-state index contributed by atoms with van der Waals surface area (Å²) in [7, 11) is 0. The van der Waals surface area contributed by atoms with E-state index in [0.29, 0.717) is 29.8 Å². The lowest BCUT2D eigenvalue weighted by molar-refractivity contribution is -0.171. The predicted octanol–water partition coefficient (Wildman–Crippen LogP) is 4.08. The van der Waals surface area contributed by atoms with Crippen LogP contribution in [0.3, 0.4) is 0 Å². The fourth-order valence-corrected chi connectivity index (χ4v) is 6.48. The van der Waals surface area contributed by atoms with Gasteiger partial charge in [0.25, 0.3) is 5.91 Å². The van der Waals surface area contributed by atoms with Crippen LogP contribution < -0.4 is 5.32 Å². The van der Waals surface area contributed by atoms with Gasteiger partial charge in [0, 0.05) is 16.4 Å². The molecule has 0 aliphatic heterocycles. The molecule has 4 saturated carbocycles. The lowest BCUT2D eigenvalue weighted by atomic mass is 9.49. The first-order valence-corrected chi connectivity index (χ1v) is 9.99. The summed E-state index contributed by atoms with van der Waals surface area (Å²) in [6, 6.07) is 7.29. The number of hydrogen-bond donors (Lipinski definition) is 1. The van der Waals surface area contributed by atoms with Crippen LogP contribution in [0.25, 0.3) is 0 Å². The molecular formula is C20H23Cl2NO3. The molecule has 5 rings (SSSR count). The minimum atomic E-state index is -0.473. The van der Waals surface area contributed by atoms with Gasteiger partial charge in [0.15, 0.2) is 6.61 Å². The van der Waals surface area contributed by atoms with Crippen LogP contribution in [-0.2, 0) is 20.9 Å². The molecule has 1 amide bonds. The van der Waals surface area contributed by atoms with Gasteiger partial charge in [0.1, 0.15) is 0 Å². The number of alkyl halides is 1. The normalized spacial score (nSPS) is 34.5. The second-order valence-corrected chi connectivity index (χ2v) is 9.61. The maximum absolute atomic E-state index is 12.8. The van der Waals surface area contributed by atoms with Gasteiger partial charge in [-0.2, -0.15) is 0 Å². The van der Waals surface area contributed by atoms with Gasteiger partial charge in [-0.1, -0.05) is 23.7 Å². The van der Waals surface area contributed by atoms with E-state index in [2.05, 4.69) is 5.32 Å². The van der Waals surface area contributed by atoms with E-state index in [4.69, 9.17) is 27.9 Å². The number of esters is 1. The Labute approximate surface area is 163 Å². The molecule has 0 aromatic heterocycles. The van der Waals surface area contributed by atoms with Gasteiger partial charge in [-0.15, -0.1) is 11.6 Å². The fourth-order valence-electron chi connectivity index (χ4n) is 5.57. The molecule has 0 saturated heterocycles. The van der Waals surface area contributed by atoms with Crippen LogP contribution in [-0.4, -0.2) is 23.4 Å². The quantitative estimate of drug-likeness (QED) is 0.603. The summed E-state index contributed by atoms with van der Waals surface area (Å²) in [5.74, 6) is 0.508. The molecule has 2 unspecified atom stereocenters. The molecule has 4 aliphatic rings. The van der Waals surface area contributed by atoms with Crippen LogP contribution in [0.5, 0.6) is 0 Å². The van der Waals surface area contributed by atoms with Crippen LogP contribution in [0.1, 0.15) is 44.1 Å². The topological polar surface area (TPSA) is 55.4 Å². The molecule has 1 aromatic carbocycles. The highest BCUT2D eigenvalue weighted by molar-refractivity contribution is 6.30. The summed E-state index contributed by atoms with van der Waals surface area (Å²) in [6.07, 6.45) is 5.63. The Hall–Kier alpha value is -1.26. The standard InChI is InChI=1S/C20H23Cl2NO3/c21-16-3-1-2-13(5-16)10-23-17(24)11-26-18(25)19-6-14-4-15(7-19)9-20(22,8-14)12-19/h1-3,5,14-15H,4,6-12H2,(H,23,24)/t14-,15+,19?,20?. The van der Waals surface area contributed by atoms with Crippen LogP contribution in [0, 0.1) is 17.3 Å². The zero-order valence-electron chi connectivity index (χ0n) is 14.6. The van der Waals surface area contributed by atoms with Crippen molar-refractivity contribution in [2.75, 3.05) is 6.61 Å². The van der Waals surface area contributed by atoms with Crippen molar-refractivity contribution in [3.63, 3.8) is 0 Å². The molecule has 0 radical (unpaired) electrons. The summed E-state index contributed by atoms with van der Waals surface area (Å²) in [4.78, 5) is 24.6. The molecular weight excluding hydrogens is 373 g/mol. The number of nitrogens with one attached hydrogen (secondary N) is 1. The van der Waals surface area contributed by atoms with Crippen LogP contribution in [0.4, 0.5) is 0 Å². The van der Waals surface area contributed by atoms with Crippen molar-refractivity contribution in [2.45, 2.75) is 49.9 Å². The average Bonchev–Trinajstić information content (AvgIpc) is 2.55. The molecule has 0 spiro atoms. The zero-order chi connectivity index (χ0) is 18.4. The molecule has 4 nitrogen and oxygen atoms in total. The van der Waals surface area contributed by atoms with E-state index < -0.39 is 5.41 Å². The van der Waals surface area contributed by atoms with E-state index in [1.807, 2.05) is 12.1 Å². The molecule has 140 valence electrons. The number of halogens is 2. The van der Waals surface area contributed by atoms with Crippen molar-refractivity contribution < 1.29 is 14.3 Å². The SMILES string of the molecule is O=C(COC(=O)C12C[C@@H]3C[C@@H](CC(Cl)(C3)C1)C2)NCc1cccc(Cl)c1. The van der Waals surface area contributed by atoms with Crippen molar-refractivity contribution in [3.8, 4) is 0 Å². The minimum absolute atomic E-state index is 0.238. The summed E-state index contributed by atoms with van der Waals surface area (Å²) >= 11 is 12.7. The highest BCUT2D eigenvalue weighted by Gasteiger charge is 2.60. The zero-order valence-corrected chi connectivity index (χ0v) is 16.1. The maximum atomic E-state index is 12.8. The van der Waals surface area contributed by atoms with E-state index in [1.165, 1.54) is 6.42 Å². The van der Waals surface area contributed by atoms with Crippen molar-refractivity contribution in [2.24, 2.45) is 17.3 Å². The molecule has 4 fully saturated rings. The number of rotatable bonds is 5. The molecule has 0 heterocycles. The largest absolute Gasteiger partial charge is 0.455 e. The van der Waals surface area contributed by atoms with E-state index in [-0.39, 0.29) is 23.4 Å². The van der Waals surface area contributed by atoms with Crippen LogP contribution in [0.2, 0.25) is 5.02 Å². The molecule has 1 N–H and O–H groups in total. The van der Waals surface area contributed by atoms with E-state index in [1.54, 1.807) is 12.1 Å². The smallest absolute Gasteiger partial charge is 0.312 e. The molecule has 4 aliphatic carbocycles. The molecule has 4 bridgehead atoms. The average molecular weight is 396 g/mol. The van der Waals surface area contributed by atoms with Gasteiger partial charge in [0.05, 0.1) is 5.41 Å². The second-order valence-electron chi connectivity index (χ2n) is 8.38. The third-order valence-corrected chi connectivity index (χ3v) is 6.81. The predicted molar refractivity (Wildman–Crippen MR) is 100.0 cm³/mol. The van der Waals surface area contributed by atoms with Gasteiger partial charge in [-0.25, -0.2) is 0 Å². The third kappa shape index (κ3) is 3.59. The van der Waals surface area contributed by atoms with E-state index in [9.17, 15) is 9.59 Å². The fraction of sp³-hybridized carbons (Fsp3) is 0.600. The summed E-state index contributed by atoms with van der Waals surface area (Å²) in [5, 5.41) is 3.39. The second kappa shape index (κ2) is 6.72. The maximum Gasteiger partial charge on any atom is 0.312 e.